The predicted molar refractivity (Wildman–Crippen MR) is 96.0 cm³/mol. The molecule has 0 saturated carbocycles. The van der Waals surface area contributed by atoms with Crippen molar-refractivity contribution < 1.29 is 27.1 Å². The van der Waals surface area contributed by atoms with Gasteiger partial charge in [0.1, 0.15) is 5.69 Å². The summed E-state index contributed by atoms with van der Waals surface area (Å²) in [6.45, 7) is 0.429. The van der Waals surface area contributed by atoms with Crippen LogP contribution in [0.4, 0.5) is 17.6 Å². The molecule has 1 atom stereocenters. The van der Waals surface area contributed by atoms with Crippen molar-refractivity contribution >= 4 is 5.91 Å². The molecule has 0 saturated heterocycles. The molecule has 1 N–H and O–H groups in total. The van der Waals surface area contributed by atoms with Crippen molar-refractivity contribution in [3.63, 3.8) is 0 Å². The van der Waals surface area contributed by atoms with Crippen LogP contribution in [-0.2, 0) is 12.7 Å². The number of fused-ring (bicyclic) bond motifs is 1. The van der Waals surface area contributed by atoms with Crippen LogP contribution in [0.25, 0.3) is 11.3 Å². The Hall–Kier alpha value is -3.50. The maximum Gasteiger partial charge on any atom is 0.433 e. The van der Waals surface area contributed by atoms with E-state index >= 15 is 0 Å². The topological polar surface area (TPSA) is 81.9 Å². The van der Waals surface area contributed by atoms with Gasteiger partial charge in [-0.3, -0.25) is 9.48 Å². The number of nitrogens with zero attached hydrogens (tertiary/aromatic N) is 4. The quantitative estimate of drug-likeness (QED) is 0.654. The molecular formula is C19H15F4N5O2. The molecule has 0 spiro atoms. The number of carbonyl (C=O) groups is 1. The number of carbonyl (C=O) groups excluding carboxylic acids is 1. The molecule has 11 heteroatoms. The summed E-state index contributed by atoms with van der Waals surface area (Å²) < 4.78 is 59.5. The Balaban J connectivity index is 1.59. The molecule has 1 aliphatic heterocycles. The molecule has 30 heavy (non-hydrogen) atoms. The highest BCUT2D eigenvalue weighted by molar-refractivity contribution is 5.94. The number of halogens is 4. The number of aromatic nitrogens is 4. The monoisotopic (exact) mass is 421 g/mol. The first-order chi connectivity index (χ1) is 14.3. The standard InChI is InChI=1S/C19H15F4N5O2/c1-30-17-6-10(2-4-24-17)18(29)26-13-3-5-28-15(13)8-14(27-28)11-7-16(19(21,22)23)25-9-12(11)20/h2,4,6-9,13H,3,5H2,1H3,(H,26,29). The van der Waals surface area contributed by atoms with Gasteiger partial charge in [-0.1, -0.05) is 0 Å². The molecule has 3 aromatic heterocycles. The molecule has 4 rings (SSSR count). The lowest BCUT2D eigenvalue weighted by molar-refractivity contribution is -0.141. The fourth-order valence-electron chi connectivity index (χ4n) is 3.26. The van der Waals surface area contributed by atoms with Crippen LogP contribution in [-0.4, -0.2) is 32.8 Å². The third-order valence-electron chi connectivity index (χ3n) is 4.73. The smallest absolute Gasteiger partial charge is 0.433 e. The van der Waals surface area contributed by atoms with Crippen molar-refractivity contribution in [1.29, 1.82) is 0 Å². The predicted octanol–water partition coefficient (Wildman–Crippen LogP) is 3.38. The number of aryl methyl sites for hydroxylation is 1. The number of alkyl halides is 3. The average Bonchev–Trinajstić information content (AvgIpc) is 3.29. The van der Waals surface area contributed by atoms with Crippen LogP contribution in [0, 0.1) is 5.82 Å². The van der Waals surface area contributed by atoms with Crippen LogP contribution in [0.5, 0.6) is 5.88 Å². The third-order valence-corrected chi connectivity index (χ3v) is 4.73. The van der Waals surface area contributed by atoms with Gasteiger partial charge in [0.05, 0.1) is 30.7 Å². The van der Waals surface area contributed by atoms with E-state index < -0.39 is 23.7 Å². The van der Waals surface area contributed by atoms with Crippen molar-refractivity contribution in [2.24, 2.45) is 0 Å². The van der Waals surface area contributed by atoms with Gasteiger partial charge in [-0.15, -0.1) is 0 Å². The molecular weight excluding hydrogens is 406 g/mol. The van der Waals surface area contributed by atoms with Gasteiger partial charge in [-0.05, 0) is 24.6 Å². The zero-order valence-corrected chi connectivity index (χ0v) is 15.6. The summed E-state index contributed by atoms with van der Waals surface area (Å²) in [5.74, 6) is -0.995. The number of nitrogens with one attached hydrogen (secondary N) is 1. The second-order valence-corrected chi connectivity index (χ2v) is 6.63. The first kappa shape index (κ1) is 19.8. The average molecular weight is 421 g/mol. The first-order valence-electron chi connectivity index (χ1n) is 8.88. The van der Waals surface area contributed by atoms with E-state index in [0.29, 0.717) is 36.5 Å². The largest absolute Gasteiger partial charge is 0.481 e. The number of pyridine rings is 2. The molecule has 3 aromatic rings. The summed E-state index contributed by atoms with van der Waals surface area (Å²) in [5, 5.41) is 7.05. The van der Waals surface area contributed by atoms with Crippen molar-refractivity contribution in [3.8, 4) is 17.1 Å². The zero-order valence-electron chi connectivity index (χ0n) is 15.6. The summed E-state index contributed by atoms with van der Waals surface area (Å²) in [6.07, 6.45) is -2.19. The van der Waals surface area contributed by atoms with Gasteiger partial charge >= 0.3 is 6.18 Å². The van der Waals surface area contributed by atoms with E-state index in [4.69, 9.17) is 4.74 Å². The lowest BCUT2D eigenvalue weighted by Crippen LogP contribution is -2.27. The van der Waals surface area contributed by atoms with E-state index in [9.17, 15) is 22.4 Å². The lowest BCUT2D eigenvalue weighted by Gasteiger charge is -2.12. The maximum atomic E-state index is 14.1. The molecule has 0 fully saturated rings. The minimum Gasteiger partial charge on any atom is -0.481 e. The summed E-state index contributed by atoms with van der Waals surface area (Å²) in [7, 11) is 1.43. The van der Waals surface area contributed by atoms with Crippen molar-refractivity contribution in [2.75, 3.05) is 7.11 Å². The Bertz CT molecular complexity index is 1110. The first-order valence-corrected chi connectivity index (χ1v) is 8.88. The summed E-state index contributed by atoms with van der Waals surface area (Å²) in [4.78, 5) is 19.6. The fraction of sp³-hybridized carbons (Fsp3) is 0.263. The Kier molecular flexibility index (Phi) is 4.88. The molecule has 156 valence electrons. The fourth-order valence-corrected chi connectivity index (χ4v) is 3.26. The number of rotatable bonds is 4. The highest BCUT2D eigenvalue weighted by atomic mass is 19.4. The minimum absolute atomic E-state index is 0.0416. The van der Waals surface area contributed by atoms with Gasteiger partial charge < -0.3 is 10.1 Å². The molecule has 1 amide bonds. The summed E-state index contributed by atoms with van der Waals surface area (Å²) in [6, 6.07) is 4.69. The Morgan fingerprint density at radius 1 is 1.27 bits per heavy atom. The van der Waals surface area contributed by atoms with E-state index in [1.54, 1.807) is 4.68 Å². The molecule has 7 nitrogen and oxygen atoms in total. The van der Waals surface area contributed by atoms with Crippen molar-refractivity contribution in [1.82, 2.24) is 25.1 Å². The van der Waals surface area contributed by atoms with E-state index in [0.717, 1.165) is 0 Å². The molecule has 0 radical (unpaired) electrons. The van der Waals surface area contributed by atoms with Gasteiger partial charge in [-0.25, -0.2) is 14.4 Å². The molecule has 0 bridgehead atoms. The van der Waals surface area contributed by atoms with Crippen LogP contribution < -0.4 is 10.1 Å². The lowest BCUT2D eigenvalue weighted by atomic mass is 10.1. The second-order valence-electron chi connectivity index (χ2n) is 6.63. The third kappa shape index (κ3) is 3.70. The van der Waals surface area contributed by atoms with Crippen LogP contribution in [0.3, 0.4) is 0 Å². The van der Waals surface area contributed by atoms with E-state index in [1.807, 2.05) is 0 Å². The summed E-state index contributed by atoms with van der Waals surface area (Å²) in [5.41, 5.74) is -0.550. The number of methoxy groups -OCH3 is 1. The van der Waals surface area contributed by atoms with E-state index in [1.165, 1.54) is 31.5 Å². The van der Waals surface area contributed by atoms with E-state index in [2.05, 4.69) is 20.4 Å². The number of hydrogen-bond donors (Lipinski definition) is 1. The second kappa shape index (κ2) is 7.39. The zero-order chi connectivity index (χ0) is 21.5. The van der Waals surface area contributed by atoms with Gasteiger partial charge in [0, 0.05) is 29.9 Å². The number of hydrogen-bond acceptors (Lipinski definition) is 5. The van der Waals surface area contributed by atoms with Crippen molar-refractivity contribution in [2.45, 2.75) is 25.2 Å². The van der Waals surface area contributed by atoms with Gasteiger partial charge in [0.25, 0.3) is 5.91 Å². The molecule has 1 unspecified atom stereocenters. The molecule has 4 heterocycles. The highest BCUT2D eigenvalue weighted by Crippen LogP contribution is 2.34. The van der Waals surface area contributed by atoms with Gasteiger partial charge in [0.2, 0.25) is 5.88 Å². The van der Waals surface area contributed by atoms with E-state index in [-0.39, 0.29) is 23.0 Å². The van der Waals surface area contributed by atoms with Gasteiger partial charge in [-0.2, -0.15) is 18.3 Å². The molecule has 0 aromatic carbocycles. The van der Waals surface area contributed by atoms with Crippen LogP contribution in [0.15, 0.2) is 36.7 Å². The number of ether oxygens (including phenoxy) is 1. The van der Waals surface area contributed by atoms with Crippen LogP contribution in [0.1, 0.15) is 34.2 Å². The van der Waals surface area contributed by atoms with Crippen molar-refractivity contribution in [3.05, 3.63) is 59.4 Å². The Labute approximate surface area is 167 Å². The van der Waals surface area contributed by atoms with Crippen LogP contribution >= 0.6 is 0 Å². The summed E-state index contributed by atoms with van der Waals surface area (Å²) >= 11 is 0. The Morgan fingerprint density at radius 3 is 2.80 bits per heavy atom. The van der Waals surface area contributed by atoms with Crippen LogP contribution in [0.2, 0.25) is 0 Å². The molecule has 1 aliphatic rings. The highest BCUT2D eigenvalue weighted by Gasteiger charge is 2.34. The number of amides is 1. The Morgan fingerprint density at radius 2 is 2.07 bits per heavy atom. The van der Waals surface area contributed by atoms with Gasteiger partial charge in [0.15, 0.2) is 5.82 Å². The minimum atomic E-state index is -4.70. The normalized spacial score (nSPS) is 15.7. The molecule has 0 aliphatic carbocycles. The maximum absolute atomic E-state index is 14.1. The SMILES string of the molecule is COc1cc(C(=O)NC2CCn3nc(-c4cc(C(F)(F)F)ncc4F)cc32)ccn1.